The van der Waals surface area contributed by atoms with Crippen LogP contribution in [0.15, 0.2) is 96.1 Å². The van der Waals surface area contributed by atoms with Crippen molar-refractivity contribution in [3.05, 3.63) is 107 Å². The first-order valence-electron chi connectivity index (χ1n) is 16.7. The molecule has 4 saturated heterocycles. The van der Waals surface area contributed by atoms with Gasteiger partial charge in [-0.25, -0.2) is 0 Å². The lowest BCUT2D eigenvalue weighted by Crippen LogP contribution is -2.32. The molecule has 46 heavy (non-hydrogen) atoms. The molecule has 0 spiro atoms. The lowest BCUT2D eigenvalue weighted by atomic mass is 9.71. The second kappa shape index (κ2) is 13.9. The molecular weight excluding hydrogens is 584 g/mol. The van der Waals surface area contributed by atoms with Crippen LogP contribution in [0.1, 0.15) is 42.2 Å². The van der Waals surface area contributed by atoms with Crippen molar-refractivity contribution in [1.82, 2.24) is 0 Å². The number of hydrogen-bond donors (Lipinski definition) is 0. The zero-order chi connectivity index (χ0) is 30.7. The Hall–Kier alpha value is -3.24. The maximum atomic E-state index is 6.13. The Morgan fingerprint density at radius 1 is 0.609 bits per heavy atom. The van der Waals surface area contributed by atoms with Crippen molar-refractivity contribution >= 4 is 0 Å². The summed E-state index contributed by atoms with van der Waals surface area (Å²) in [6.45, 7) is 5.01. The molecule has 4 aliphatic heterocycles. The third-order valence-corrected chi connectivity index (χ3v) is 9.27. The highest BCUT2D eigenvalue weighted by Gasteiger charge is 2.33. The van der Waals surface area contributed by atoms with E-state index in [2.05, 4.69) is 85.0 Å². The minimum Gasteiger partial charge on any atom is -0.491 e. The molecule has 4 heterocycles. The van der Waals surface area contributed by atoms with Gasteiger partial charge in [0.2, 0.25) is 6.29 Å². The molecule has 2 aliphatic carbocycles. The van der Waals surface area contributed by atoms with Gasteiger partial charge in [0.05, 0.1) is 51.8 Å². The van der Waals surface area contributed by atoms with Crippen LogP contribution in [0.5, 0.6) is 11.5 Å². The summed E-state index contributed by atoms with van der Waals surface area (Å²) in [7, 11) is 0. The average molecular weight is 627 g/mol. The molecule has 8 rings (SSSR count). The number of ether oxygens (including phenoxy) is 8. The fraction of sp³-hybridized carbons (Fsp3) is 0.474. The van der Waals surface area contributed by atoms with Crippen LogP contribution >= 0.6 is 0 Å². The van der Waals surface area contributed by atoms with Gasteiger partial charge in [-0.2, -0.15) is 0 Å². The molecule has 0 bridgehead atoms. The Kier molecular flexibility index (Phi) is 9.07. The van der Waals surface area contributed by atoms with Crippen LogP contribution in [0.25, 0.3) is 0 Å². The smallest absolute Gasteiger partial charge is 0.202 e. The zero-order valence-corrected chi connectivity index (χ0v) is 26.0. The van der Waals surface area contributed by atoms with Gasteiger partial charge in [-0.1, -0.05) is 60.7 Å². The highest BCUT2D eigenvalue weighted by Crippen LogP contribution is 2.46. The summed E-state index contributed by atoms with van der Waals surface area (Å²) in [4.78, 5) is 0. The van der Waals surface area contributed by atoms with Crippen LogP contribution in [0.4, 0.5) is 0 Å². The Bertz CT molecular complexity index is 1440. The van der Waals surface area contributed by atoms with Gasteiger partial charge >= 0.3 is 0 Å². The van der Waals surface area contributed by atoms with Crippen LogP contribution in [0.2, 0.25) is 0 Å². The molecule has 4 fully saturated rings. The zero-order valence-electron chi connectivity index (χ0n) is 26.0. The van der Waals surface area contributed by atoms with Gasteiger partial charge in [-0.3, -0.25) is 0 Å². The molecule has 8 atom stereocenters. The van der Waals surface area contributed by atoms with E-state index in [1.165, 1.54) is 22.3 Å². The van der Waals surface area contributed by atoms with Crippen molar-refractivity contribution in [3.8, 4) is 11.5 Å². The van der Waals surface area contributed by atoms with E-state index in [9.17, 15) is 0 Å². The van der Waals surface area contributed by atoms with Gasteiger partial charge in [0.15, 0.2) is 0 Å². The second-order valence-electron chi connectivity index (χ2n) is 12.8. The van der Waals surface area contributed by atoms with Gasteiger partial charge in [-0.05, 0) is 59.4 Å². The van der Waals surface area contributed by atoms with Crippen molar-refractivity contribution < 1.29 is 37.9 Å². The highest BCUT2D eigenvalue weighted by molar-refractivity contribution is 5.50. The molecule has 0 radical (unpaired) electrons. The Labute approximate surface area is 270 Å². The van der Waals surface area contributed by atoms with Crippen molar-refractivity contribution in [2.24, 2.45) is 0 Å². The van der Waals surface area contributed by atoms with Crippen LogP contribution in [0.3, 0.4) is 0 Å². The first-order chi connectivity index (χ1) is 22.7. The summed E-state index contributed by atoms with van der Waals surface area (Å²) in [6.07, 6.45) is 16.9. The fourth-order valence-electron chi connectivity index (χ4n) is 6.23. The quantitative estimate of drug-likeness (QED) is 0.217. The predicted octanol–water partition coefficient (Wildman–Crippen LogP) is 5.80. The van der Waals surface area contributed by atoms with Crippen LogP contribution < -0.4 is 9.47 Å². The van der Waals surface area contributed by atoms with Gasteiger partial charge in [-0.15, -0.1) is 0 Å². The maximum absolute atomic E-state index is 6.13. The van der Waals surface area contributed by atoms with E-state index in [1.54, 1.807) is 0 Å². The number of benzene rings is 2. The summed E-state index contributed by atoms with van der Waals surface area (Å²) in [5, 5.41) is 0. The number of epoxide rings is 3. The van der Waals surface area contributed by atoms with E-state index in [0.29, 0.717) is 19.8 Å². The van der Waals surface area contributed by atoms with E-state index in [-0.39, 0.29) is 48.6 Å². The van der Waals surface area contributed by atoms with E-state index < -0.39 is 0 Å². The van der Waals surface area contributed by atoms with Crippen molar-refractivity contribution in [3.63, 3.8) is 0 Å². The Balaban J connectivity index is 1.09. The summed E-state index contributed by atoms with van der Waals surface area (Å²) in [5.41, 5.74) is 4.99. The summed E-state index contributed by atoms with van der Waals surface area (Å²) in [5.74, 6) is 1.79. The first kappa shape index (κ1) is 30.1. The number of rotatable bonds is 16. The minimum absolute atomic E-state index is 0.0535. The Morgan fingerprint density at radius 3 is 1.50 bits per heavy atom. The van der Waals surface area contributed by atoms with Crippen molar-refractivity contribution in [2.45, 2.75) is 67.9 Å². The predicted molar refractivity (Wildman–Crippen MR) is 171 cm³/mol. The molecule has 0 saturated carbocycles. The minimum atomic E-state index is -0.150. The van der Waals surface area contributed by atoms with E-state index in [1.807, 2.05) is 0 Å². The van der Waals surface area contributed by atoms with Crippen molar-refractivity contribution in [2.75, 3.05) is 46.2 Å². The molecule has 2 aromatic rings. The van der Waals surface area contributed by atoms with Gasteiger partial charge < -0.3 is 37.9 Å². The molecule has 8 unspecified atom stereocenters. The lowest BCUT2D eigenvalue weighted by Gasteiger charge is -2.34. The standard InChI is InChI=1S/C38H42O8/c1-9-29(40-19-33-22-43-33)10-2-25(1)37(26-3-11-30(12-4-26)41-20-34-23-44-34)38(27-5-13-31(14-6-27)42-21-35-24-45-35)28-7-15-32(16-8-28)46-36-17-18-39-36/h1-11,13,15-16,30-31,33-38H,12,14,17-24H2. The largest absolute Gasteiger partial charge is 0.491 e. The molecule has 0 aromatic heterocycles. The molecular formula is C38H42O8. The third kappa shape index (κ3) is 7.82. The number of hydrogen-bond acceptors (Lipinski definition) is 8. The summed E-state index contributed by atoms with van der Waals surface area (Å²) < 4.78 is 45.9. The molecule has 0 N–H and O–H groups in total. The first-order valence-corrected chi connectivity index (χ1v) is 16.7. The molecule has 0 amide bonds. The van der Waals surface area contributed by atoms with E-state index >= 15 is 0 Å². The second-order valence-corrected chi connectivity index (χ2v) is 12.8. The van der Waals surface area contributed by atoms with Gasteiger partial charge in [0, 0.05) is 18.3 Å². The summed E-state index contributed by atoms with van der Waals surface area (Å²) in [6, 6.07) is 17.1. The SMILES string of the molecule is C1=CC(OCC2CO2)CC=C1C(c1ccc(OCC2CO2)cc1)C(C1=CCC(OCC2CO2)C=C1)c1ccc(OC2CCO2)cc1. The Morgan fingerprint density at radius 2 is 1.09 bits per heavy atom. The topological polar surface area (TPSA) is 83.7 Å². The maximum Gasteiger partial charge on any atom is 0.202 e. The van der Waals surface area contributed by atoms with E-state index in [4.69, 9.17) is 37.9 Å². The van der Waals surface area contributed by atoms with E-state index in [0.717, 1.165) is 57.2 Å². The highest BCUT2D eigenvalue weighted by atomic mass is 16.7. The van der Waals surface area contributed by atoms with Gasteiger partial charge in [0.1, 0.15) is 36.4 Å². The molecule has 6 aliphatic rings. The van der Waals surface area contributed by atoms with Crippen LogP contribution in [-0.2, 0) is 28.4 Å². The molecule has 8 heteroatoms. The van der Waals surface area contributed by atoms with Crippen LogP contribution in [0, 0.1) is 0 Å². The lowest BCUT2D eigenvalue weighted by molar-refractivity contribution is -0.165. The normalized spacial score (nSPS) is 30.4. The van der Waals surface area contributed by atoms with Gasteiger partial charge in [0.25, 0.3) is 0 Å². The summed E-state index contributed by atoms with van der Waals surface area (Å²) >= 11 is 0. The fourth-order valence-corrected chi connectivity index (χ4v) is 6.23. The van der Waals surface area contributed by atoms with Crippen LogP contribution in [-0.4, -0.2) is 83.1 Å². The average Bonchev–Trinajstić information content (AvgIpc) is 3.91. The number of allylic oxidation sites excluding steroid dienone is 4. The molecule has 2 aromatic carbocycles. The third-order valence-electron chi connectivity index (χ3n) is 9.27. The van der Waals surface area contributed by atoms with Crippen molar-refractivity contribution in [1.29, 1.82) is 0 Å². The molecule has 8 nitrogen and oxygen atoms in total. The monoisotopic (exact) mass is 626 g/mol. The molecule has 242 valence electrons.